The van der Waals surface area contributed by atoms with Crippen LogP contribution in [0.25, 0.3) is 0 Å². The van der Waals surface area contributed by atoms with E-state index < -0.39 is 11.7 Å². The molecule has 0 spiro atoms. The molecule has 0 bridgehead atoms. The first kappa shape index (κ1) is 14.9. The van der Waals surface area contributed by atoms with Gasteiger partial charge in [-0.15, -0.1) is 0 Å². The summed E-state index contributed by atoms with van der Waals surface area (Å²) >= 11 is 0. The van der Waals surface area contributed by atoms with Crippen LogP contribution in [-0.2, 0) is 4.74 Å². The summed E-state index contributed by atoms with van der Waals surface area (Å²) in [7, 11) is 0. The molecule has 0 aromatic heterocycles. The lowest BCUT2D eigenvalue weighted by molar-refractivity contribution is 0.0124. The first-order chi connectivity index (χ1) is 9.37. The molecule has 0 heterocycles. The Hall–Kier alpha value is -1.55. The molecule has 1 aliphatic carbocycles. The Morgan fingerprint density at radius 1 is 1.35 bits per heavy atom. The number of nitrogens with zero attached hydrogens (tertiary/aromatic N) is 1. The number of amides is 1. The van der Waals surface area contributed by atoms with E-state index in [1.54, 1.807) is 4.90 Å². The Morgan fingerprint density at radius 3 is 2.45 bits per heavy atom. The number of hydrogen-bond donors (Lipinski definition) is 1. The molecular weight excluding hydrogens is 254 g/mol. The standard InChI is InChI=1S/C16H23NO3/c1-16(2,3)20-15(19)17(13-9-10-13)11-14(18)12-7-5-4-6-8-12/h4-8,13-14,18H,9-11H2,1-3H3. The van der Waals surface area contributed by atoms with Gasteiger partial charge in [0.15, 0.2) is 0 Å². The molecule has 110 valence electrons. The van der Waals surface area contributed by atoms with Gasteiger partial charge in [-0.3, -0.25) is 0 Å². The first-order valence-corrected chi connectivity index (χ1v) is 7.09. The van der Waals surface area contributed by atoms with Crippen molar-refractivity contribution in [2.24, 2.45) is 0 Å². The van der Waals surface area contributed by atoms with Crippen molar-refractivity contribution in [3.8, 4) is 0 Å². The van der Waals surface area contributed by atoms with Gasteiger partial charge in [0, 0.05) is 6.04 Å². The van der Waals surface area contributed by atoms with Crippen LogP contribution in [-0.4, -0.2) is 34.3 Å². The van der Waals surface area contributed by atoms with Gasteiger partial charge >= 0.3 is 6.09 Å². The van der Waals surface area contributed by atoms with Crippen LogP contribution >= 0.6 is 0 Å². The van der Waals surface area contributed by atoms with E-state index in [1.165, 1.54) is 0 Å². The summed E-state index contributed by atoms with van der Waals surface area (Å²) in [6.07, 6.45) is 0.959. The zero-order valence-corrected chi connectivity index (χ0v) is 12.4. The maximum absolute atomic E-state index is 12.2. The molecule has 1 unspecified atom stereocenters. The second-order valence-corrected chi connectivity index (χ2v) is 6.29. The Labute approximate surface area is 120 Å². The van der Waals surface area contributed by atoms with Crippen molar-refractivity contribution in [1.29, 1.82) is 0 Å². The summed E-state index contributed by atoms with van der Waals surface area (Å²) in [5.41, 5.74) is 0.309. The van der Waals surface area contributed by atoms with Crippen molar-refractivity contribution in [3.05, 3.63) is 35.9 Å². The molecule has 4 nitrogen and oxygen atoms in total. The van der Waals surface area contributed by atoms with Crippen molar-refractivity contribution in [2.45, 2.75) is 51.4 Å². The number of aliphatic hydroxyl groups excluding tert-OH is 1. The van der Waals surface area contributed by atoms with E-state index in [1.807, 2.05) is 51.1 Å². The third-order valence-electron chi connectivity index (χ3n) is 3.17. The third-order valence-corrected chi connectivity index (χ3v) is 3.17. The highest BCUT2D eigenvalue weighted by Crippen LogP contribution is 2.30. The molecule has 1 amide bonds. The Morgan fingerprint density at radius 2 is 1.95 bits per heavy atom. The lowest BCUT2D eigenvalue weighted by Crippen LogP contribution is -2.40. The van der Waals surface area contributed by atoms with Gasteiger partial charge in [0.25, 0.3) is 0 Å². The number of carbonyl (C=O) groups is 1. The van der Waals surface area contributed by atoms with Crippen LogP contribution in [0.3, 0.4) is 0 Å². The van der Waals surface area contributed by atoms with E-state index in [-0.39, 0.29) is 18.7 Å². The van der Waals surface area contributed by atoms with Crippen LogP contribution in [0, 0.1) is 0 Å². The number of hydrogen-bond acceptors (Lipinski definition) is 3. The van der Waals surface area contributed by atoms with Gasteiger partial charge in [-0.1, -0.05) is 30.3 Å². The second kappa shape index (κ2) is 5.83. The molecule has 1 saturated carbocycles. The summed E-state index contributed by atoms with van der Waals surface area (Å²) in [6, 6.07) is 9.61. The van der Waals surface area contributed by atoms with Crippen LogP contribution in [0.15, 0.2) is 30.3 Å². The summed E-state index contributed by atoms with van der Waals surface area (Å²) in [5, 5.41) is 10.3. The molecule has 1 aromatic rings. The van der Waals surface area contributed by atoms with Crippen LogP contribution in [0.5, 0.6) is 0 Å². The summed E-state index contributed by atoms with van der Waals surface area (Å²) in [4.78, 5) is 13.9. The topological polar surface area (TPSA) is 49.8 Å². The van der Waals surface area contributed by atoms with Gasteiger partial charge in [-0.2, -0.15) is 0 Å². The number of ether oxygens (including phenoxy) is 1. The lowest BCUT2D eigenvalue weighted by Gasteiger charge is -2.29. The molecule has 2 rings (SSSR count). The second-order valence-electron chi connectivity index (χ2n) is 6.29. The summed E-state index contributed by atoms with van der Waals surface area (Å²) < 4.78 is 5.41. The largest absolute Gasteiger partial charge is 0.444 e. The van der Waals surface area contributed by atoms with E-state index in [2.05, 4.69) is 0 Å². The lowest BCUT2D eigenvalue weighted by atomic mass is 10.1. The molecule has 1 aliphatic rings. The van der Waals surface area contributed by atoms with Gasteiger partial charge in [-0.05, 0) is 39.2 Å². The number of aliphatic hydroxyl groups is 1. The molecule has 1 atom stereocenters. The molecule has 20 heavy (non-hydrogen) atoms. The maximum Gasteiger partial charge on any atom is 0.410 e. The van der Waals surface area contributed by atoms with E-state index in [4.69, 9.17) is 4.74 Å². The number of carbonyl (C=O) groups excluding carboxylic acids is 1. The molecule has 0 aliphatic heterocycles. The van der Waals surface area contributed by atoms with Gasteiger partial charge in [0.05, 0.1) is 12.6 Å². The minimum atomic E-state index is -0.677. The molecule has 1 N–H and O–H groups in total. The fourth-order valence-electron chi connectivity index (χ4n) is 2.05. The monoisotopic (exact) mass is 277 g/mol. The minimum Gasteiger partial charge on any atom is -0.444 e. The van der Waals surface area contributed by atoms with Crippen molar-refractivity contribution in [3.63, 3.8) is 0 Å². The normalized spacial score (nSPS) is 16.6. The smallest absolute Gasteiger partial charge is 0.410 e. The predicted octanol–water partition coefficient (Wildman–Crippen LogP) is 3.12. The molecule has 0 radical (unpaired) electrons. The summed E-state index contributed by atoms with van der Waals surface area (Å²) in [5.74, 6) is 0. The van der Waals surface area contributed by atoms with Crippen molar-refractivity contribution in [1.82, 2.24) is 4.90 Å². The highest BCUT2D eigenvalue weighted by Gasteiger charge is 2.36. The maximum atomic E-state index is 12.2. The van der Waals surface area contributed by atoms with E-state index in [0.717, 1.165) is 18.4 Å². The van der Waals surface area contributed by atoms with Crippen molar-refractivity contribution < 1.29 is 14.6 Å². The highest BCUT2D eigenvalue weighted by atomic mass is 16.6. The fraction of sp³-hybridized carbons (Fsp3) is 0.562. The Bertz CT molecular complexity index is 449. The first-order valence-electron chi connectivity index (χ1n) is 7.09. The zero-order valence-electron chi connectivity index (χ0n) is 12.4. The summed E-state index contributed by atoms with van der Waals surface area (Å²) in [6.45, 7) is 5.83. The molecule has 0 saturated heterocycles. The number of benzene rings is 1. The average molecular weight is 277 g/mol. The van der Waals surface area contributed by atoms with Gasteiger partial charge in [0.1, 0.15) is 5.60 Å². The molecule has 4 heteroatoms. The highest BCUT2D eigenvalue weighted by molar-refractivity contribution is 5.69. The molecule has 1 fully saturated rings. The van der Waals surface area contributed by atoms with Crippen molar-refractivity contribution in [2.75, 3.05) is 6.54 Å². The van der Waals surface area contributed by atoms with Gasteiger partial charge in [-0.25, -0.2) is 4.79 Å². The van der Waals surface area contributed by atoms with E-state index in [0.29, 0.717) is 0 Å². The minimum absolute atomic E-state index is 0.211. The Kier molecular flexibility index (Phi) is 4.33. The van der Waals surface area contributed by atoms with Gasteiger partial charge in [0.2, 0.25) is 0 Å². The SMILES string of the molecule is CC(C)(C)OC(=O)N(CC(O)c1ccccc1)C1CC1. The van der Waals surface area contributed by atoms with Crippen LogP contribution in [0.2, 0.25) is 0 Å². The van der Waals surface area contributed by atoms with Crippen molar-refractivity contribution >= 4 is 6.09 Å². The van der Waals surface area contributed by atoms with Crippen LogP contribution in [0.1, 0.15) is 45.3 Å². The zero-order chi connectivity index (χ0) is 14.8. The predicted molar refractivity (Wildman–Crippen MR) is 77.4 cm³/mol. The van der Waals surface area contributed by atoms with Gasteiger partial charge < -0.3 is 14.7 Å². The third kappa shape index (κ3) is 4.23. The molecular formula is C16H23NO3. The fourth-order valence-corrected chi connectivity index (χ4v) is 2.05. The van der Waals surface area contributed by atoms with E-state index in [9.17, 15) is 9.90 Å². The number of rotatable bonds is 4. The van der Waals surface area contributed by atoms with E-state index >= 15 is 0 Å². The Balaban J connectivity index is 2.01. The quantitative estimate of drug-likeness (QED) is 0.920. The molecule has 1 aromatic carbocycles. The van der Waals surface area contributed by atoms with Crippen LogP contribution < -0.4 is 0 Å². The average Bonchev–Trinajstić information content (AvgIpc) is 3.18. The van der Waals surface area contributed by atoms with Crippen LogP contribution in [0.4, 0.5) is 4.79 Å².